The molecule has 0 bridgehead atoms. The number of nitrogens with one attached hydrogen (secondary N) is 2. The number of nitrogens with zero attached hydrogens (tertiary/aromatic N) is 4. The van der Waals surface area contributed by atoms with E-state index in [9.17, 15) is 0 Å². The lowest BCUT2D eigenvalue weighted by molar-refractivity contribution is 0.476. The Labute approximate surface area is 144 Å². The van der Waals surface area contributed by atoms with Gasteiger partial charge in [-0.3, -0.25) is 10.1 Å². The van der Waals surface area contributed by atoms with Crippen LogP contribution in [-0.4, -0.2) is 25.1 Å². The Bertz CT molecular complexity index is 1030. The molecule has 0 unspecified atom stereocenters. The first-order valence-corrected chi connectivity index (χ1v) is 7.81. The Hall–Kier alpha value is -3.48. The summed E-state index contributed by atoms with van der Waals surface area (Å²) >= 11 is 0. The summed E-state index contributed by atoms with van der Waals surface area (Å²) in [5.74, 6) is 2.17. The second kappa shape index (κ2) is 6.20. The summed E-state index contributed by atoms with van der Waals surface area (Å²) in [5, 5.41) is 10.2. The molecule has 0 amide bonds. The van der Waals surface area contributed by atoms with Crippen molar-refractivity contribution in [2.75, 3.05) is 5.32 Å². The quantitative estimate of drug-likeness (QED) is 0.589. The van der Waals surface area contributed by atoms with E-state index in [1.807, 2.05) is 44.2 Å². The molecular formula is C18H16N6O. The van der Waals surface area contributed by atoms with Crippen LogP contribution < -0.4 is 10.1 Å². The maximum atomic E-state index is 5.90. The predicted octanol–water partition coefficient (Wildman–Crippen LogP) is 3.90. The summed E-state index contributed by atoms with van der Waals surface area (Å²) in [4.78, 5) is 12.7. The number of aryl methyl sites for hydroxylation is 2. The summed E-state index contributed by atoms with van der Waals surface area (Å²) in [7, 11) is 0. The highest BCUT2D eigenvalue weighted by molar-refractivity contribution is 5.86. The van der Waals surface area contributed by atoms with Gasteiger partial charge in [0.15, 0.2) is 5.82 Å². The standard InChI is InChI=1S/C18H16N6O/c1-11-7-13(23-18-17-15(9-22-24-17)20-10-21-18)4-6-16(11)25-14-5-3-12(2)19-8-14/h3-10H,1-2H3,(H,22,24)(H,20,21,23). The van der Waals surface area contributed by atoms with E-state index in [2.05, 4.69) is 30.5 Å². The third-order valence-corrected chi connectivity index (χ3v) is 3.79. The SMILES string of the molecule is Cc1ccc(Oc2ccc(Nc3ncnc4cn[nH]c34)cc2C)cn1. The molecule has 0 fully saturated rings. The largest absolute Gasteiger partial charge is 0.455 e. The first-order valence-electron chi connectivity index (χ1n) is 7.81. The van der Waals surface area contributed by atoms with Crippen LogP contribution in [0.1, 0.15) is 11.3 Å². The number of benzene rings is 1. The monoisotopic (exact) mass is 332 g/mol. The van der Waals surface area contributed by atoms with Crippen molar-refractivity contribution in [2.24, 2.45) is 0 Å². The molecule has 0 atom stereocenters. The van der Waals surface area contributed by atoms with Crippen LogP contribution in [0.25, 0.3) is 11.0 Å². The summed E-state index contributed by atoms with van der Waals surface area (Å²) in [5.41, 5.74) is 4.40. The maximum absolute atomic E-state index is 5.90. The highest BCUT2D eigenvalue weighted by Gasteiger charge is 2.08. The van der Waals surface area contributed by atoms with Gasteiger partial charge >= 0.3 is 0 Å². The molecule has 2 N–H and O–H groups in total. The molecule has 0 radical (unpaired) electrons. The average Bonchev–Trinajstić information content (AvgIpc) is 3.09. The Morgan fingerprint density at radius 1 is 1.00 bits per heavy atom. The summed E-state index contributed by atoms with van der Waals surface area (Å²) < 4.78 is 5.90. The van der Waals surface area contributed by atoms with Gasteiger partial charge in [0.2, 0.25) is 0 Å². The second-order valence-electron chi connectivity index (χ2n) is 5.70. The number of ether oxygens (including phenoxy) is 1. The number of H-pyrrole nitrogens is 1. The van der Waals surface area contributed by atoms with Crippen LogP contribution in [0.4, 0.5) is 11.5 Å². The molecule has 25 heavy (non-hydrogen) atoms. The minimum Gasteiger partial charge on any atom is -0.455 e. The van der Waals surface area contributed by atoms with Crippen LogP contribution in [0.3, 0.4) is 0 Å². The van der Waals surface area contributed by atoms with Gasteiger partial charge in [0.1, 0.15) is 28.9 Å². The maximum Gasteiger partial charge on any atom is 0.159 e. The van der Waals surface area contributed by atoms with Crippen molar-refractivity contribution in [3.05, 3.63) is 60.3 Å². The van der Waals surface area contributed by atoms with E-state index in [-0.39, 0.29) is 0 Å². The smallest absolute Gasteiger partial charge is 0.159 e. The number of hydrogen-bond donors (Lipinski definition) is 2. The lowest BCUT2D eigenvalue weighted by Crippen LogP contribution is -1.97. The van der Waals surface area contributed by atoms with E-state index in [1.165, 1.54) is 6.33 Å². The Balaban J connectivity index is 1.57. The molecule has 7 nitrogen and oxygen atoms in total. The van der Waals surface area contributed by atoms with Crippen LogP contribution in [0, 0.1) is 13.8 Å². The number of pyridine rings is 1. The van der Waals surface area contributed by atoms with E-state index >= 15 is 0 Å². The number of rotatable bonds is 4. The van der Waals surface area contributed by atoms with Crippen LogP contribution in [-0.2, 0) is 0 Å². The molecule has 3 heterocycles. The van der Waals surface area contributed by atoms with Crippen LogP contribution in [0.5, 0.6) is 11.5 Å². The molecular weight excluding hydrogens is 316 g/mol. The Morgan fingerprint density at radius 2 is 1.92 bits per heavy atom. The molecule has 0 aliphatic carbocycles. The molecule has 7 heteroatoms. The van der Waals surface area contributed by atoms with Crippen molar-refractivity contribution in [1.29, 1.82) is 0 Å². The van der Waals surface area contributed by atoms with Crippen molar-refractivity contribution in [3.8, 4) is 11.5 Å². The fraction of sp³-hybridized carbons (Fsp3) is 0.111. The van der Waals surface area contributed by atoms with Gasteiger partial charge in [-0.15, -0.1) is 0 Å². The van der Waals surface area contributed by atoms with Crippen LogP contribution >= 0.6 is 0 Å². The number of aromatic amines is 1. The first kappa shape index (κ1) is 15.1. The molecule has 1 aromatic carbocycles. The van der Waals surface area contributed by atoms with Gasteiger partial charge in [0.25, 0.3) is 0 Å². The minimum absolute atomic E-state index is 0.679. The van der Waals surface area contributed by atoms with Gasteiger partial charge in [-0.2, -0.15) is 5.10 Å². The van der Waals surface area contributed by atoms with Gasteiger partial charge in [-0.25, -0.2) is 9.97 Å². The second-order valence-corrected chi connectivity index (χ2v) is 5.70. The van der Waals surface area contributed by atoms with Gasteiger partial charge in [0.05, 0.1) is 12.4 Å². The van der Waals surface area contributed by atoms with E-state index < -0.39 is 0 Å². The first-order chi connectivity index (χ1) is 12.2. The predicted molar refractivity (Wildman–Crippen MR) is 95.2 cm³/mol. The molecule has 0 saturated heterocycles. The van der Waals surface area contributed by atoms with E-state index in [0.717, 1.165) is 33.7 Å². The summed E-state index contributed by atoms with van der Waals surface area (Å²) in [6, 6.07) is 9.69. The van der Waals surface area contributed by atoms with E-state index in [1.54, 1.807) is 12.4 Å². The molecule has 3 aromatic heterocycles. The van der Waals surface area contributed by atoms with Crippen LogP contribution in [0.15, 0.2) is 49.1 Å². The number of anilines is 2. The average molecular weight is 332 g/mol. The lowest BCUT2D eigenvalue weighted by Gasteiger charge is -2.11. The fourth-order valence-corrected chi connectivity index (χ4v) is 2.48. The summed E-state index contributed by atoms with van der Waals surface area (Å²) in [6.45, 7) is 3.94. The fourth-order valence-electron chi connectivity index (χ4n) is 2.48. The lowest BCUT2D eigenvalue weighted by atomic mass is 10.2. The zero-order chi connectivity index (χ0) is 17.2. The van der Waals surface area contributed by atoms with Gasteiger partial charge in [-0.1, -0.05) is 0 Å². The molecule has 4 aromatic rings. The van der Waals surface area contributed by atoms with Crippen molar-refractivity contribution < 1.29 is 4.74 Å². The normalized spacial score (nSPS) is 10.8. The van der Waals surface area contributed by atoms with Crippen molar-refractivity contribution in [1.82, 2.24) is 25.1 Å². The number of aromatic nitrogens is 5. The van der Waals surface area contributed by atoms with Crippen molar-refractivity contribution in [2.45, 2.75) is 13.8 Å². The number of fused-ring (bicyclic) bond motifs is 1. The highest BCUT2D eigenvalue weighted by Crippen LogP contribution is 2.29. The van der Waals surface area contributed by atoms with E-state index in [0.29, 0.717) is 11.6 Å². The van der Waals surface area contributed by atoms with Gasteiger partial charge < -0.3 is 10.1 Å². The van der Waals surface area contributed by atoms with Crippen molar-refractivity contribution >= 4 is 22.5 Å². The zero-order valence-corrected chi connectivity index (χ0v) is 13.8. The minimum atomic E-state index is 0.679. The van der Waals surface area contributed by atoms with Gasteiger partial charge in [0, 0.05) is 11.4 Å². The van der Waals surface area contributed by atoms with Gasteiger partial charge in [-0.05, 0) is 49.7 Å². The molecule has 124 valence electrons. The molecule has 0 aliphatic heterocycles. The zero-order valence-electron chi connectivity index (χ0n) is 13.8. The third kappa shape index (κ3) is 3.12. The highest BCUT2D eigenvalue weighted by atomic mass is 16.5. The Kier molecular flexibility index (Phi) is 3.74. The molecule has 0 aliphatic rings. The van der Waals surface area contributed by atoms with Crippen LogP contribution in [0.2, 0.25) is 0 Å². The summed E-state index contributed by atoms with van der Waals surface area (Å²) in [6.07, 6.45) is 4.89. The van der Waals surface area contributed by atoms with Crippen molar-refractivity contribution in [3.63, 3.8) is 0 Å². The number of hydrogen-bond acceptors (Lipinski definition) is 6. The topological polar surface area (TPSA) is 88.6 Å². The van der Waals surface area contributed by atoms with E-state index in [4.69, 9.17) is 4.74 Å². The third-order valence-electron chi connectivity index (χ3n) is 3.79. The Morgan fingerprint density at radius 3 is 2.72 bits per heavy atom. The molecule has 0 saturated carbocycles. The molecule has 0 spiro atoms. The molecule has 4 rings (SSSR count).